The van der Waals surface area contributed by atoms with Crippen molar-refractivity contribution in [2.45, 2.75) is 64.3 Å². The van der Waals surface area contributed by atoms with E-state index in [0.29, 0.717) is 13.2 Å². The van der Waals surface area contributed by atoms with Gasteiger partial charge in [0, 0.05) is 14.1 Å². The molecule has 0 aromatic rings. The summed E-state index contributed by atoms with van der Waals surface area (Å²) in [4.78, 5) is 23.3. The minimum atomic E-state index is -1.16. The highest BCUT2D eigenvalue weighted by Crippen LogP contribution is 2.25. The number of carbonyl (C=O) groups excluding carboxylic acids is 2. The summed E-state index contributed by atoms with van der Waals surface area (Å²) in [5.74, 6) is -0.112. The molecule has 0 aromatic carbocycles. The number of hydrogen-bond acceptors (Lipinski definition) is 4. The Morgan fingerprint density at radius 2 is 1.71 bits per heavy atom. The zero-order valence-corrected chi connectivity index (χ0v) is 14.7. The summed E-state index contributed by atoms with van der Waals surface area (Å²) < 4.78 is 10.3. The van der Waals surface area contributed by atoms with Gasteiger partial charge in [-0.3, -0.25) is 4.79 Å². The smallest absolute Gasteiger partial charge is 0.407 e. The second kappa shape index (κ2) is 8.41. The number of alkyl carbamates (subject to hydrolysis) is 1. The fourth-order valence-electron chi connectivity index (χ4n) is 2.39. The van der Waals surface area contributed by atoms with Crippen LogP contribution >= 0.6 is 0 Å². The van der Waals surface area contributed by atoms with Crippen LogP contribution in [0.3, 0.4) is 0 Å². The van der Waals surface area contributed by atoms with Gasteiger partial charge in [-0.2, -0.15) is 0 Å². The maximum atomic E-state index is 11.7. The second-order valence-electron chi connectivity index (χ2n) is 6.89. The van der Waals surface area contributed by atoms with E-state index in [2.05, 4.69) is 25.0 Å². The van der Waals surface area contributed by atoms with E-state index < -0.39 is 8.07 Å². The zero-order chi connectivity index (χ0) is 15.9. The maximum Gasteiger partial charge on any atom is 0.407 e. The van der Waals surface area contributed by atoms with Gasteiger partial charge in [0.1, 0.15) is 0 Å². The third kappa shape index (κ3) is 7.50. The molecule has 1 fully saturated rings. The average Bonchev–Trinajstić information content (AvgIpc) is 2.38. The number of hydrogen-bond donors (Lipinski definition) is 1. The van der Waals surface area contributed by atoms with Crippen molar-refractivity contribution in [2.24, 2.45) is 5.92 Å². The maximum absolute atomic E-state index is 11.7. The molecule has 1 amide bonds. The molecule has 0 atom stereocenters. The normalized spacial score (nSPS) is 22.5. The molecule has 1 N–H and O–H groups in total. The van der Waals surface area contributed by atoms with Crippen LogP contribution in [-0.2, 0) is 14.3 Å². The molecule has 122 valence electrons. The lowest BCUT2D eigenvalue weighted by atomic mass is 9.86. The van der Waals surface area contributed by atoms with Crippen LogP contribution in [0.2, 0.25) is 25.7 Å². The lowest BCUT2D eigenvalue weighted by molar-refractivity contribution is -0.149. The van der Waals surface area contributed by atoms with Crippen molar-refractivity contribution in [1.82, 2.24) is 5.32 Å². The molecule has 6 heteroatoms. The highest BCUT2D eigenvalue weighted by atomic mass is 28.3. The van der Waals surface area contributed by atoms with E-state index in [4.69, 9.17) is 9.47 Å². The van der Waals surface area contributed by atoms with Crippen molar-refractivity contribution in [3.8, 4) is 0 Å². The van der Waals surface area contributed by atoms with Crippen LogP contribution in [-0.4, -0.2) is 39.4 Å². The van der Waals surface area contributed by atoms with Gasteiger partial charge in [-0.25, -0.2) is 4.79 Å². The molecule has 1 aliphatic rings. The fraction of sp³-hybridized carbons (Fsp3) is 0.867. The second-order valence-corrected chi connectivity index (χ2v) is 12.5. The van der Waals surface area contributed by atoms with Gasteiger partial charge >= 0.3 is 12.1 Å². The predicted molar refractivity (Wildman–Crippen MR) is 85.0 cm³/mol. The van der Waals surface area contributed by atoms with E-state index >= 15 is 0 Å². The Morgan fingerprint density at radius 3 is 2.24 bits per heavy atom. The molecule has 5 nitrogen and oxygen atoms in total. The molecule has 0 spiro atoms. The zero-order valence-electron chi connectivity index (χ0n) is 13.7. The SMILES string of the molecule is CCOC(=O)C1CCC(NC(=O)OCC[Si](C)(C)C)CC1. The van der Waals surface area contributed by atoms with Crippen molar-refractivity contribution in [3.63, 3.8) is 0 Å². The summed E-state index contributed by atoms with van der Waals surface area (Å²) in [6, 6.07) is 1.10. The molecule has 0 aliphatic heterocycles. The van der Waals surface area contributed by atoms with Crippen LogP contribution in [0.25, 0.3) is 0 Å². The first kappa shape index (κ1) is 18.0. The van der Waals surface area contributed by atoms with E-state index in [9.17, 15) is 9.59 Å². The number of carbonyl (C=O) groups is 2. The fourth-order valence-corrected chi connectivity index (χ4v) is 3.11. The first-order valence-electron chi connectivity index (χ1n) is 7.91. The minimum Gasteiger partial charge on any atom is -0.466 e. The van der Waals surface area contributed by atoms with Gasteiger partial charge in [-0.15, -0.1) is 0 Å². The number of esters is 1. The monoisotopic (exact) mass is 315 g/mol. The van der Waals surface area contributed by atoms with Crippen molar-refractivity contribution >= 4 is 20.1 Å². The quantitative estimate of drug-likeness (QED) is 0.604. The lowest BCUT2D eigenvalue weighted by Crippen LogP contribution is -2.39. The third-order valence-corrected chi connectivity index (χ3v) is 5.46. The number of ether oxygens (including phenoxy) is 2. The Morgan fingerprint density at radius 1 is 1.10 bits per heavy atom. The van der Waals surface area contributed by atoms with Crippen LogP contribution in [0, 0.1) is 5.92 Å². The van der Waals surface area contributed by atoms with E-state index in [1.54, 1.807) is 0 Å². The van der Waals surface area contributed by atoms with Gasteiger partial charge in [0.2, 0.25) is 0 Å². The molecular formula is C15H29NO4Si. The minimum absolute atomic E-state index is 0.00842. The van der Waals surface area contributed by atoms with Gasteiger partial charge in [-0.05, 0) is 38.7 Å². The molecule has 1 saturated carbocycles. The van der Waals surface area contributed by atoms with E-state index in [-0.39, 0.29) is 24.0 Å². The summed E-state index contributed by atoms with van der Waals surface area (Å²) in [5.41, 5.74) is 0. The van der Waals surface area contributed by atoms with Crippen molar-refractivity contribution in [2.75, 3.05) is 13.2 Å². The Kier molecular flexibility index (Phi) is 7.21. The first-order chi connectivity index (χ1) is 9.81. The van der Waals surface area contributed by atoms with Crippen LogP contribution in [0.1, 0.15) is 32.6 Å². The summed E-state index contributed by atoms with van der Waals surface area (Å²) in [5, 5.41) is 2.90. The molecule has 0 heterocycles. The third-order valence-electron chi connectivity index (χ3n) is 3.75. The summed E-state index contributed by atoms with van der Waals surface area (Å²) in [7, 11) is -1.16. The van der Waals surface area contributed by atoms with E-state index in [0.717, 1.165) is 31.7 Å². The molecule has 1 aliphatic carbocycles. The molecule has 0 saturated heterocycles. The van der Waals surface area contributed by atoms with Gasteiger partial charge in [-0.1, -0.05) is 19.6 Å². The molecular weight excluding hydrogens is 286 g/mol. The lowest BCUT2D eigenvalue weighted by Gasteiger charge is -2.27. The van der Waals surface area contributed by atoms with Crippen molar-refractivity contribution < 1.29 is 19.1 Å². The molecule has 0 bridgehead atoms. The van der Waals surface area contributed by atoms with Crippen LogP contribution < -0.4 is 5.32 Å². The van der Waals surface area contributed by atoms with E-state index in [1.165, 1.54) is 0 Å². The molecule has 1 rings (SSSR count). The molecule has 0 aromatic heterocycles. The highest BCUT2D eigenvalue weighted by Gasteiger charge is 2.28. The summed E-state index contributed by atoms with van der Waals surface area (Å²) >= 11 is 0. The largest absolute Gasteiger partial charge is 0.466 e. The van der Waals surface area contributed by atoms with E-state index in [1.807, 2.05) is 6.92 Å². The number of rotatable bonds is 6. The molecule has 0 radical (unpaired) electrons. The molecule has 21 heavy (non-hydrogen) atoms. The summed E-state index contributed by atoms with van der Waals surface area (Å²) in [6.45, 7) is 9.52. The topological polar surface area (TPSA) is 64.6 Å². The van der Waals surface area contributed by atoms with Crippen molar-refractivity contribution in [1.29, 1.82) is 0 Å². The predicted octanol–water partition coefficient (Wildman–Crippen LogP) is 3.17. The highest BCUT2D eigenvalue weighted by molar-refractivity contribution is 6.76. The van der Waals surface area contributed by atoms with Gasteiger partial charge in [0.05, 0.1) is 19.1 Å². The Balaban J connectivity index is 2.20. The average molecular weight is 315 g/mol. The van der Waals surface area contributed by atoms with Crippen LogP contribution in [0.15, 0.2) is 0 Å². The van der Waals surface area contributed by atoms with Crippen molar-refractivity contribution in [3.05, 3.63) is 0 Å². The standard InChI is InChI=1S/C15H29NO4Si/c1-5-19-14(17)12-6-8-13(9-7-12)16-15(18)20-10-11-21(2,3)4/h12-13H,5-11H2,1-4H3,(H,16,18). The van der Waals surface area contributed by atoms with Crippen LogP contribution in [0.4, 0.5) is 4.79 Å². The van der Waals surface area contributed by atoms with Gasteiger partial charge < -0.3 is 14.8 Å². The Bertz CT molecular complexity index is 346. The Labute approximate surface area is 128 Å². The van der Waals surface area contributed by atoms with Gasteiger partial charge in [0.25, 0.3) is 0 Å². The van der Waals surface area contributed by atoms with Crippen LogP contribution in [0.5, 0.6) is 0 Å². The van der Waals surface area contributed by atoms with Gasteiger partial charge in [0.15, 0.2) is 0 Å². The number of amides is 1. The summed E-state index contributed by atoms with van der Waals surface area (Å²) in [6.07, 6.45) is 2.85. The molecule has 0 unspecified atom stereocenters. The number of nitrogens with one attached hydrogen (secondary N) is 1. The Hall–Kier alpha value is -1.04. The first-order valence-corrected chi connectivity index (χ1v) is 11.6.